The van der Waals surface area contributed by atoms with Crippen LogP contribution in [0, 0.1) is 0 Å². The van der Waals surface area contributed by atoms with E-state index in [1.165, 1.54) is 4.90 Å². The van der Waals surface area contributed by atoms with E-state index in [1.807, 2.05) is 24.3 Å². The van der Waals surface area contributed by atoms with E-state index in [0.29, 0.717) is 0 Å². The largest absolute Gasteiger partial charge is 0.385 e. The van der Waals surface area contributed by atoms with E-state index in [-0.39, 0.29) is 5.78 Å². The molecule has 0 radical (unpaired) electrons. The highest BCUT2D eigenvalue weighted by molar-refractivity contribution is 7.99. The first kappa shape index (κ1) is 12.3. The molecule has 0 N–H and O–H groups in total. The van der Waals surface area contributed by atoms with Crippen LogP contribution in [-0.2, 0) is 4.74 Å². The van der Waals surface area contributed by atoms with Crippen molar-refractivity contribution in [1.82, 2.24) is 0 Å². The molecule has 2 nitrogen and oxygen atoms in total. The summed E-state index contributed by atoms with van der Waals surface area (Å²) in [5, 5.41) is 0. The van der Waals surface area contributed by atoms with Gasteiger partial charge in [-0.15, -0.1) is 11.8 Å². The van der Waals surface area contributed by atoms with Crippen LogP contribution in [0.3, 0.4) is 0 Å². The van der Waals surface area contributed by atoms with Gasteiger partial charge in [0.1, 0.15) is 0 Å². The Balaban J connectivity index is 2.39. The van der Waals surface area contributed by atoms with Gasteiger partial charge in [-0.1, -0.05) is 12.1 Å². The summed E-state index contributed by atoms with van der Waals surface area (Å²) in [6, 6.07) is 7.74. The molecule has 0 aliphatic carbocycles. The van der Waals surface area contributed by atoms with Crippen LogP contribution >= 0.6 is 11.8 Å². The number of thioether (sulfide) groups is 1. The van der Waals surface area contributed by atoms with Crippen LogP contribution in [0.4, 0.5) is 0 Å². The Bertz CT molecular complexity index is 306. The Morgan fingerprint density at radius 2 is 2.00 bits per heavy atom. The van der Waals surface area contributed by atoms with Gasteiger partial charge in [-0.2, -0.15) is 0 Å². The second-order valence-corrected chi connectivity index (χ2v) is 4.44. The van der Waals surface area contributed by atoms with Crippen molar-refractivity contribution in [2.45, 2.75) is 18.2 Å². The minimum absolute atomic E-state index is 0.117. The zero-order chi connectivity index (χ0) is 11.1. The van der Waals surface area contributed by atoms with Crippen molar-refractivity contribution in [1.29, 1.82) is 0 Å². The zero-order valence-corrected chi connectivity index (χ0v) is 9.97. The van der Waals surface area contributed by atoms with Gasteiger partial charge >= 0.3 is 0 Å². The van der Waals surface area contributed by atoms with E-state index < -0.39 is 0 Å². The Hall–Kier alpha value is -0.800. The lowest BCUT2D eigenvalue weighted by Gasteiger charge is -2.02. The fourth-order valence-corrected chi connectivity index (χ4v) is 2.01. The van der Waals surface area contributed by atoms with Crippen molar-refractivity contribution in [2.24, 2.45) is 0 Å². The summed E-state index contributed by atoms with van der Waals surface area (Å²) in [7, 11) is 1.71. The van der Waals surface area contributed by atoms with E-state index in [9.17, 15) is 4.79 Å². The average molecular weight is 224 g/mol. The summed E-state index contributed by atoms with van der Waals surface area (Å²) in [5.74, 6) is 1.17. The molecule has 1 rings (SSSR count). The fourth-order valence-electron chi connectivity index (χ4n) is 1.18. The first-order valence-corrected chi connectivity index (χ1v) is 5.95. The number of carbonyl (C=O) groups excluding carboxylic acids is 1. The molecule has 0 aliphatic heterocycles. The van der Waals surface area contributed by atoms with Gasteiger partial charge in [0.15, 0.2) is 5.78 Å². The molecule has 0 fully saturated rings. The van der Waals surface area contributed by atoms with Gasteiger partial charge in [-0.3, -0.25) is 4.79 Å². The lowest BCUT2D eigenvalue weighted by atomic mass is 10.2. The van der Waals surface area contributed by atoms with Crippen LogP contribution in [0.15, 0.2) is 29.2 Å². The number of benzene rings is 1. The molecule has 0 atom stereocenters. The molecule has 0 unspecified atom stereocenters. The molecule has 0 bridgehead atoms. The standard InChI is InChI=1S/C12H16O2S/c1-10(13)11-4-6-12(7-5-11)15-9-3-8-14-2/h4-7H,3,8-9H2,1-2H3. The molecule has 1 aromatic carbocycles. The molecular formula is C12H16O2S. The second-order valence-electron chi connectivity index (χ2n) is 3.28. The smallest absolute Gasteiger partial charge is 0.159 e. The Labute approximate surface area is 95.0 Å². The molecule has 0 aliphatic rings. The van der Waals surface area contributed by atoms with Crippen LogP contribution in [0.5, 0.6) is 0 Å². The monoisotopic (exact) mass is 224 g/mol. The first-order valence-electron chi connectivity index (χ1n) is 4.97. The third-order valence-corrected chi connectivity index (χ3v) is 3.12. The van der Waals surface area contributed by atoms with Crippen LogP contribution in [-0.4, -0.2) is 25.3 Å². The van der Waals surface area contributed by atoms with E-state index >= 15 is 0 Å². The summed E-state index contributed by atoms with van der Waals surface area (Å²) in [6.45, 7) is 2.39. The fraction of sp³-hybridized carbons (Fsp3) is 0.417. The van der Waals surface area contributed by atoms with Gasteiger partial charge in [0.25, 0.3) is 0 Å². The number of hydrogen-bond donors (Lipinski definition) is 0. The van der Waals surface area contributed by atoms with Crippen LogP contribution < -0.4 is 0 Å². The molecule has 0 saturated heterocycles. The Morgan fingerprint density at radius 1 is 1.33 bits per heavy atom. The molecule has 1 aromatic rings. The summed E-state index contributed by atoms with van der Waals surface area (Å²) < 4.78 is 4.97. The van der Waals surface area contributed by atoms with Crippen molar-refractivity contribution in [2.75, 3.05) is 19.5 Å². The van der Waals surface area contributed by atoms with Gasteiger partial charge in [0.05, 0.1) is 0 Å². The van der Waals surface area contributed by atoms with E-state index in [4.69, 9.17) is 4.74 Å². The number of rotatable bonds is 6. The van der Waals surface area contributed by atoms with E-state index in [0.717, 1.165) is 24.3 Å². The SMILES string of the molecule is COCCCSc1ccc(C(C)=O)cc1. The number of ketones is 1. The number of carbonyl (C=O) groups is 1. The van der Waals surface area contributed by atoms with Gasteiger partial charge in [0, 0.05) is 29.9 Å². The molecule has 82 valence electrons. The average Bonchev–Trinajstić information content (AvgIpc) is 2.25. The third-order valence-electron chi connectivity index (χ3n) is 2.02. The zero-order valence-electron chi connectivity index (χ0n) is 9.16. The molecule has 15 heavy (non-hydrogen) atoms. The van der Waals surface area contributed by atoms with Crippen molar-refractivity contribution < 1.29 is 9.53 Å². The number of ether oxygens (including phenoxy) is 1. The predicted octanol–water partition coefficient (Wildman–Crippen LogP) is 3.02. The lowest BCUT2D eigenvalue weighted by Crippen LogP contribution is -1.92. The third kappa shape index (κ3) is 4.49. The highest BCUT2D eigenvalue weighted by atomic mass is 32.2. The summed E-state index contributed by atoms with van der Waals surface area (Å²) >= 11 is 1.79. The molecule has 0 aromatic heterocycles. The normalized spacial score (nSPS) is 10.3. The summed E-state index contributed by atoms with van der Waals surface area (Å²) in [5.41, 5.74) is 0.774. The molecule has 0 spiro atoms. The van der Waals surface area contributed by atoms with Crippen molar-refractivity contribution in [3.63, 3.8) is 0 Å². The van der Waals surface area contributed by atoms with E-state index in [2.05, 4.69) is 0 Å². The maximum absolute atomic E-state index is 11.0. The van der Waals surface area contributed by atoms with E-state index in [1.54, 1.807) is 25.8 Å². The molecule has 0 saturated carbocycles. The topological polar surface area (TPSA) is 26.3 Å². The van der Waals surface area contributed by atoms with Crippen LogP contribution in [0.25, 0.3) is 0 Å². The Morgan fingerprint density at radius 3 is 2.53 bits per heavy atom. The quantitative estimate of drug-likeness (QED) is 0.422. The predicted molar refractivity (Wildman–Crippen MR) is 63.7 cm³/mol. The maximum Gasteiger partial charge on any atom is 0.159 e. The van der Waals surface area contributed by atoms with Crippen molar-refractivity contribution >= 4 is 17.5 Å². The van der Waals surface area contributed by atoms with Gasteiger partial charge in [-0.25, -0.2) is 0 Å². The lowest BCUT2D eigenvalue weighted by molar-refractivity contribution is 0.101. The number of hydrogen-bond acceptors (Lipinski definition) is 3. The highest BCUT2D eigenvalue weighted by Gasteiger charge is 1.99. The van der Waals surface area contributed by atoms with Crippen molar-refractivity contribution in [3.8, 4) is 0 Å². The second kappa shape index (κ2) is 6.64. The highest BCUT2D eigenvalue weighted by Crippen LogP contribution is 2.19. The number of Topliss-reactive ketones (excluding diaryl/α,β-unsaturated/α-hetero) is 1. The molecular weight excluding hydrogens is 208 g/mol. The van der Waals surface area contributed by atoms with Crippen LogP contribution in [0.1, 0.15) is 23.7 Å². The molecule has 0 amide bonds. The van der Waals surface area contributed by atoms with Gasteiger partial charge in [0.2, 0.25) is 0 Å². The summed E-state index contributed by atoms with van der Waals surface area (Å²) in [6.07, 6.45) is 1.05. The summed E-state index contributed by atoms with van der Waals surface area (Å²) in [4.78, 5) is 12.2. The van der Waals surface area contributed by atoms with Crippen LogP contribution in [0.2, 0.25) is 0 Å². The maximum atomic E-state index is 11.0. The Kier molecular flexibility index (Phi) is 5.43. The van der Waals surface area contributed by atoms with Crippen molar-refractivity contribution in [3.05, 3.63) is 29.8 Å². The number of methoxy groups -OCH3 is 1. The minimum Gasteiger partial charge on any atom is -0.385 e. The minimum atomic E-state index is 0.117. The molecule has 0 heterocycles. The van der Waals surface area contributed by atoms with Gasteiger partial charge < -0.3 is 4.74 Å². The van der Waals surface area contributed by atoms with Gasteiger partial charge in [-0.05, 0) is 25.5 Å². The molecule has 3 heteroatoms. The first-order chi connectivity index (χ1) is 7.24.